The number of hydrogen-bond donors (Lipinski definition) is 0. The van der Waals surface area contributed by atoms with Crippen LogP contribution in [-0.2, 0) is 7.05 Å². The number of nitrogens with zero attached hydrogens (tertiary/aromatic N) is 3. The number of rotatable bonds is 2. The lowest BCUT2D eigenvalue weighted by Gasteiger charge is -2.15. The first-order valence-electron chi connectivity index (χ1n) is 5.57. The Bertz CT molecular complexity index is 701. The molecule has 0 aliphatic rings. The highest BCUT2D eigenvalue weighted by atomic mass is 79.9. The first-order chi connectivity index (χ1) is 8.66. The minimum Gasteiger partial charge on any atom is -0.313 e. The van der Waals surface area contributed by atoms with Crippen molar-refractivity contribution in [1.82, 2.24) is 9.55 Å². The van der Waals surface area contributed by atoms with Crippen LogP contribution in [0.5, 0.6) is 0 Å². The molecule has 92 valence electrons. The third-order valence-corrected chi connectivity index (χ3v) is 4.65. The molecule has 0 N–H and O–H groups in total. The maximum absolute atomic E-state index is 4.68. The number of para-hydroxylation sites is 2. The van der Waals surface area contributed by atoms with Gasteiger partial charge in [-0.05, 0) is 40.2 Å². The van der Waals surface area contributed by atoms with Crippen LogP contribution in [0.25, 0.3) is 11.0 Å². The lowest BCUT2D eigenvalue weighted by Crippen LogP contribution is -2.12. The molecule has 18 heavy (non-hydrogen) atoms. The van der Waals surface area contributed by atoms with E-state index in [4.69, 9.17) is 0 Å². The number of benzene rings is 1. The third kappa shape index (κ3) is 1.83. The fourth-order valence-electron chi connectivity index (χ4n) is 2.02. The summed E-state index contributed by atoms with van der Waals surface area (Å²) in [6.07, 6.45) is 0. The van der Waals surface area contributed by atoms with Gasteiger partial charge in [-0.25, -0.2) is 4.98 Å². The van der Waals surface area contributed by atoms with E-state index in [-0.39, 0.29) is 0 Å². The highest BCUT2D eigenvalue weighted by Gasteiger charge is 2.14. The zero-order chi connectivity index (χ0) is 12.7. The van der Waals surface area contributed by atoms with Gasteiger partial charge in [-0.15, -0.1) is 11.3 Å². The summed E-state index contributed by atoms with van der Waals surface area (Å²) in [5.74, 6) is 0.950. The van der Waals surface area contributed by atoms with Crippen molar-refractivity contribution in [3.63, 3.8) is 0 Å². The van der Waals surface area contributed by atoms with Gasteiger partial charge in [0.25, 0.3) is 0 Å². The fourth-order valence-corrected chi connectivity index (χ4v) is 3.34. The van der Waals surface area contributed by atoms with Crippen molar-refractivity contribution in [2.45, 2.75) is 0 Å². The summed E-state index contributed by atoms with van der Waals surface area (Å²) < 4.78 is 3.24. The van der Waals surface area contributed by atoms with Crippen molar-refractivity contribution >= 4 is 49.2 Å². The molecule has 3 aromatic rings. The van der Waals surface area contributed by atoms with Crippen molar-refractivity contribution in [2.75, 3.05) is 11.9 Å². The van der Waals surface area contributed by atoms with Gasteiger partial charge in [-0.2, -0.15) is 0 Å². The summed E-state index contributed by atoms with van der Waals surface area (Å²) >= 11 is 5.19. The van der Waals surface area contributed by atoms with Crippen LogP contribution in [0.1, 0.15) is 0 Å². The fraction of sp³-hybridized carbons (Fsp3) is 0.154. The van der Waals surface area contributed by atoms with Gasteiger partial charge >= 0.3 is 0 Å². The summed E-state index contributed by atoms with van der Waals surface area (Å²) in [5.41, 5.74) is 2.17. The van der Waals surface area contributed by atoms with Gasteiger partial charge in [0.2, 0.25) is 5.95 Å². The minimum atomic E-state index is 0.950. The normalized spacial score (nSPS) is 11.1. The molecule has 0 radical (unpaired) electrons. The molecule has 3 rings (SSSR count). The van der Waals surface area contributed by atoms with Crippen LogP contribution in [0.3, 0.4) is 0 Å². The molecule has 0 saturated carbocycles. The summed E-state index contributed by atoms with van der Waals surface area (Å²) in [4.78, 5) is 6.78. The van der Waals surface area contributed by atoms with E-state index in [0.29, 0.717) is 0 Å². The molecule has 0 atom stereocenters. The number of aromatic nitrogens is 2. The van der Waals surface area contributed by atoms with Crippen molar-refractivity contribution in [3.8, 4) is 0 Å². The molecular weight excluding hydrogens is 310 g/mol. The second-order valence-electron chi connectivity index (χ2n) is 4.10. The number of halogens is 1. The van der Waals surface area contributed by atoms with E-state index in [1.165, 1.54) is 5.00 Å². The smallest absolute Gasteiger partial charge is 0.211 e. The molecule has 5 heteroatoms. The van der Waals surface area contributed by atoms with Crippen molar-refractivity contribution < 1.29 is 0 Å². The molecule has 0 saturated heterocycles. The lowest BCUT2D eigenvalue weighted by atomic mass is 10.3. The van der Waals surface area contributed by atoms with Crippen LogP contribution < -0.4 is 4.90 Å². The average molecular weight is 322 g/mol. The van der Waals surface area contributed by atoms with Gasteiger partial charge in [-0.1, -0.05) is 12.1 Å². The highest BCUT2D eigenvalue weighted by Crippen LogP contribution is 2.33. The Hall–Kier alpha value is -1.33. The van der Waals surface area contributed by atoms with Gasteiger partial charge in [0.15, 0.2) is 0 Å². The topological polar surface area (TPSA) is 21.1 Å². The molecule has 0 spiro atoms. The third-order valence-electron chi connectivity index (χ3n) is 2.95. The summed E-state index contributed by atoms with van der Waals surface area (Å²) in [6, 6.07) is 12.3. The largest absolute Gasteiger partial charge is 0.313 e. The molecule has 0 fully saturated rings. The first kappa shape index (κ1) is 11.7. The number of thiophene rings is 1. The monoisotopic (exact) mass is 321 g/mol. The molecular formula is C13H12BrN3S. The van der Waals surface area contributed by atoms with E-state index in [1.54, 1.807) is 11.3 Å². The Balaban J connectivity index is 2.11. The lowest BCUT2D eigenvalue weighted by molar-refractivity contribution is 0.914. The molecule has 2 heterocycles. The van der Waals surface area contributed by atoms with E-state index in [2.05, 4.69) is 48.6 Å². The van der Waals surface area contributed by atoms with Crippen LogP contribution in [0, 0.1) is 0 Å². The predicted molar refractivity (Wildman–Crippen MR) is 80.8 cm³/mol. The Kier molecular flexibility index (Phi) is 2.87. The van der Waals surface area contributed by atoms with Gasteiger partial charge in [-0.3, -0.25) is 0 Å². The van der Waals surface area contributed by atoms with Gasteiger partial charge in [0, 0.05) is 14.1 Å². The Labute approximate surface area is 118 Å². The molecule has 0 aliphatic heterocycles. The molecule has 2 aromatic heterocycles. The number of imidazole rings is 1. The molecule has 1 aromatic carbocycles. The van der Waals surface area contributed by atoms with E-state index in [0.717, 1.165) is 20.8 Å². The number of hydrogen-bond acceptors (Lipinski definition) is 3. The van der Waals surface area contributed by atoms with Crippen molar-refractivity contribution in [1.29, 1.82) is 0 Å². The van der Waals surface area contributed by atoms with Crippen molar-refractivity contribution in [3.05, 3.63) is 40.2 Å². The summed E-state index contributed by atoms with van der Waals surface area (Å²) in [6.45, 7) is 0. The second-order valence-corrected chi connectivity index (χ2v) is 6.54. The van der Waals surface area contributed by atoms with E-state index in [9.17, 15) is 0 Å². The predicted octanol–water partition coefficient (Wildman–Crippen LogP) is 4.17. The van der Waals surface area contributed by atoms with E-state index < -0.39 is 0 Å². The van der Waals surface area contributed by atoms with E-state index in [1.807, 2.05) is 32.3 Å². The van der Waals surface area contributed by atoms with Gasteiger partial charge in [0.1, 0.15) is 0 Å². The van der Waals surface area contributed by atoms with Crippen LogP contribution in [0.4, 0.5) is 10.9 Å². The Morgan fingerprint density at radius 3 is 2.67 bits per heavy atom. The van der Waals surface area contributed by atoms with Gasteiger partial charge < -0.3 is 9.47 Å². The maximum atomic E-state index is 4.68. The molecule has 3 nitrogen and oxygen atoms in total. The maximum Gasteiger partial charge on any atom is 0.211 e. The zero-order valence-corrected chi connectivity index (χ0v) is 12.5. The minimum absolute atomic E-state index is 0.950. The molecule has 0 unspecified atom stereocenters. The standard InChI is InChI=1S/C13H12BrN3S/c1-16-10-6-4-3-5-9(10)15-13(16)17(2)12-8-7-11(14)18-12/h3-8H,1-2H3. The number of aryl methyl sites for hydroxylation is 1. The zero-order valence-electron chi connectivity index (χ0n) is 10.1. The van der Waals surface area contributed by atoms with Crippen LogP contribution in [0.15, 0.2) is 40.2 Å². The highest BCUT2D eigenvalue weighted by molar-refractivity contribution is 9.11. The SMILES string of the molecule is CN(c1ccc(Br)s1)c1nc2ccccc2n1C. The molecule has 0 amide bonds. The quantitative estimate of drug-likeness (QED) is 0.706. The number of fused-ring (bicyclic) bond motifs is 1. The van der Waals surface area contributed by atoms with Crippen LogP contribution in [0.2, 0.25) is 0 Å². The second kappa shape index (κ2) is 4.40. The summed E-state index contributed by atoms with van der Waals surface area (Å²) in [5, 5.41) is 1.17. The average Bonchev–Trinajstić information content (AvgIpc) is 2.94. The summed E-state index contributed by atoms with van der Waals surface area (Å²) in [7, 11) is 4.09. The molecule has 0 bridgehead atoms. The van der Waals surface area contributed by atoms with Crippen molar-refractivity contribution in [2.24, 2.45) is 7.05 Å². The van der Waals surface area contributed by atoms with Crippen LogP contribution >= 0.6 is 27.3 Å². The van der Waals surface area contributed by atoms with Crippen LogP contribution in [-0.4, -0.2) is 16.6 Å². The Morgan fingerprint density at radius 2 is 2.00 bits per heavy atom. The first-order valence-corrected chi connectivity index (χ1v) is 7.18. The number of anilines is 2. The van der Waals surface area contributed by atoms with Gasteiger partial charge in [0.05, 0.1) is 19.8 Å². The molecule has 0 aliphatic carbocycles. The van der Waals surface area contributed by atoms with E-state index >= 15 is 0 Å². The Morgan fingerprint density at radius 1 is 1.22 bits per heavy atom.